The predicted molar refractivity (Wildman–Crippen MR) is 82.4 cm³/mol. The van der Waals surface area contributed by atoms with Gasteiger partial charge in [-0.1, -0.05) is 32.1 Å². The van der Waals surface area contributed by atoms with E-state index < -0.39 is 10.0 Å². The van der Waals surface area contributed by atoms with Crippen LogP contribution in [0.1, 0.15) is 56.0 Å². The third-order valence-corrected chi connectivity index (χ3v) is 6.78. The minimum atomic E-state index is -3.10. The highest BCUT2D eigenvalue weighted by Gasteiger charge is 2.29. The number of rotatable bonds is 4. The van der Waals surface area contributed by atoms with E-state index >= 15 is 0 Å². The van der Waals surface area contributed by atoms with E-state index in [1.165, 1.54) is 32.1 Å². The summed E-state index contributed by atoms with van der Waals surface area (Å²) in [6.45, 7) is 2.79. The Balaban J connectivity index is 1.76. The van der Waals surface area contributed by atoms with Crippen molar-refractivity contribution >= 4 is 10.0 Å². The number of sulfonamides is 1. The SMILES string of the molecule is CCS(=O)(=O)N1CCc2[nH]nc(CC3CCCCC3)c2C1. The Bertz CT molecular complexity index is 588. The Kier molecular flexibility index (Phi) is 4.36. The molecule has 0 bridgehead atoms. The average Bonchev–Trinajstić information content (AvgIpc) is 2.91. The Morgan fingerprint density at radius 1 is 1.29 bits per heavy atom. The van der Waals surface area contributed by atoms with Gasteiger partial charge in [0.2, 0.25) is 10.0 Å². The number of nitrogens with zero attached hydrogens (tertiary/aromatic N) is 2. The zero-order valence-electron chi connectivity index (χ0n) is 12.8. The van der Waals surface area contributed by atoms with E-state index in [0.29, 0.717) is 13.1 Å². The van der Waals surface area contributed by atoms with Gasteiger partial charge in [-0.25, -0.2) is 8.42 Å². The van der Waals surface area contributed by atoms with Gasteiger partial charge in [-0.2, -0.15) is 9.40 Å². The molecule has 5 nitrogen and oxygen atoms in total. The van der Waals surface area contributed by atoms with Gasteiger partial charge in [-0.3, -0.25) is 5.10 Å². The van der Waals surface area contributed by atoms with Gasteiger partial charge in [-0.15, -0.1) is 0 Å². The monoisotopic (exact) mass is 311 g/mol. The predicted octanol–water partition coefficient (Wildman–Crippen LogP) is 2.24. The lowest BCUT2D eigenvalue weighted by molar-refractivity contribution is 0.350. The summed E-state index contributed by atoms with van der Waals surface area (Å²) in [4.78, 5) is 0. The molecule has 1 aliphatic heterocycles. The van der Waals surface area contributed by atoms with Crippen LogP contribution < -0.4 is 0 Å². The van der Waals surface area contributed by atoms with E-state index in [1.807, 2.05) is 0 Å². The van der Waals surface area contributed by atoms with E-state index in [0.717, 1.165) is 35.7 Å². The molecule has 0 aromatic carbocycles. The second kappa shape index (κ2) is 6.08. The lowest BCUT2D eigenvalue weighted by atomic mass is 9.85. The molecule has 0 spiro atoms. The molecule has 1 N–H and O–H groups in total. The van der Waals surface area contributed by atoms with Crippen molar-refractivity contribution in [3.8, 4) is 0 Å². The molecule has 1 aromatic heterocycles. The van der Waals surface area contributed by atoms with Crippen LogP contribution in [-0.4, -0.2) is 35.2 Å². The molecule has 1 saturated carbocycles. The van der Waals surface area contributed by atoms with Crippen LogP contribution in [-0.2, 0) is 29.4 Å². The molecular formula is C15H25N3O2S. The highest BCUT2D eigenvalue weighted by atomic mass is 32.2. The second-order valence-electron chi connectivity index (χ2n) is 6.32. The van der Waals surface area contributed by atoms with Crippen molar-refractivity contribution in [1.82, 2.24) is 14.5 Å². The van der Waals surface area contributed by atoms with E-state index in [9.17, 15) is 8.42 Å². The van der Waals surface area contributed by atoms with Crippen LogP contribution in [0.2, 0.25) is 0 Å². The number of nitrogens with one attached hydrogen (secondary N) is 1. The zero-order chi connectivity index (χ0) is 14.9. The first-order valence-electron chi connectivity index (χ1n) is 8.13. The van der Waals surface area contributed by atoms with Gasteiger partial charge >= 0.3 is 0 Å². The number of fused-ring (bicyclic) bond motifs is 1. The first-order valence-corrected chi connectivity index (χ1v) is 9.74. The Labute approximate surface area is 127 Å². The fraction of sp³-hybridized carbons (Fsp3) is 0.800. The molecular weight excluding hydrogens is 286 g/mol. The molecule has 118 valence electrons. The van der Waals surface area contributed by atoms with Crippen molar-refractivity contribution in [3.05, 3.63) is 17.0 Å². The Morgan fingerprint density at radius 3 is 2.76 bits per heavy atom. The van der Waals surface area contributed by atoms with Crippen LogP contribution >= 0.6 is 0 Å². The van der Waals surface area contributed by atoms with Crippen molar-refractivity contribution in [2.45, 2.75) is 58.4 Å². The highest BCUT2D eigenvalue weighted by Crippen LogP contribution is 2.30. The maximum atomic E-state index is 12.1. The molecule has 0 atom stereocenters. The third-order valence-electron chi connectivity index (χ3n) is 4.95. The topological polar surface area (TPSA) is 66.1 Å². The molecule has 2 aliphatic rings. The van der Waals surface area contributed by atoms with Crippen LogP contribution in [0, 0.1) is 5.92 Å². The summed E-state index contributed by atoms with van der Waals surface area (Å²) in [5.74, 6) is 0.905. The molecule has 0 saturated heterocycles. The minimum absolute atomic E-state index is 0.179. The quantitative estimate of drug-likeness (QED) is 0.927. The minimum Gasteiger partial charge on any atom is -0.282 e. The van der Waals surface area contributed by atoms with Crippen molar-refractivity contribution in [2.24, 2.45) is 5.92 Å². The number of hydrogen-bond acceptors (Lipinski definition) is 3. The number of H-pyrrole nitrogens is 1. The molecule has 2 heterocycles. The second-order valence-corrected chi connectivity index (χ2v) is 8.58. The smallest absolute Gasteiger partial charge is 0.214 e. The van der Waals surface area contributed by atoms with Crippen LogP contribution in [0.25, 0.3) is 0 Å². The first kappa shape index (κ1) is 15.0. The molecule has 1 aliphatic carbocycles. The van der Waals surface area contributed by atoms with Gasteiger partial charge < -0.3 is 0 Å². The molecule has 0 unspecified atom stereocenters. The third kappa shape index (κ3) is 3.16. The van der Waals surface area contributed by atoms with Gasteiger partial charge in [0.1, 0.15) is 0 Å². The summed E-state index contributed by atoms with van der Waals surface area (Å²) in [7, 11) is -3.10. The number of aromatic amines is 1. The normalized spacial score (nSPS) is 21.4. The summed E-state index contributed by atoms with van der Waals surface area (Å²) in [6, 6.07) is 0. The van der Waals surface area contributed by atoms with Crippen LogP contribution in [0.3, 0.4) is 0 Å². The van der Waals surface area contributed by atoms with Gasteiger partial charge in [0.15, 0.2) is 0 Å². The zero-order valence-corrected chi connectivity index (χ0v) is 13.6. The number of hydrogen-bond donors (Lipinski definition) is 1. The van der Waals surface area contributed by atoms with E-state index in [-0.39, 0.29) is 5.75 Å². The number of aromatic nitrogens is 2. The summed E-state index contributed by atoms with van der Waals surface area (Å²) >= 11 is 0. The molecule has 0 radical (unpaired) electrons. The van der Waals surface area contributed by atoms with Crippen LogP contribution in [0.4, 0.5) is 0 Å². The van der Waals surface area contributed by atoms with Crippen molar-refractivity contribution in [2.75, 3.05) is 12.3 Å². The molecule has 21 heavy (non-hydrogen) atoms. The Hall–Kier alpha value is -0.880. The lowest BCUT2D eigenvalue weighted by Crippen LogP contribution is -2.37. The van der Waals surface area contributed by atoms with Gasteiger partial charge in [0.25, 0.3) is 0 Å². The summed E-state index contributed by atoms with van der Waals surface area (Å²) in [5, 5.41) is 7.62. The van der Waals surface area contributed by atoms with Crippen LogP contribution in [0.5, 0.6) is 0 Å². The van der Waals surface area contributed by atoms with Crippen molar-refractivity contribution in [3.63, 3.8) is 0 Å². The van der Waals surface area contributed by atoms with Gasteiger partial charge in [0.05, 0.1) is 11.4 Å². The largest absolute Gasteiger partial charge is 0.282 e. The molecule has 3 rings (SSSR count). The molecule has 1 fully saturated rings. The summed E-state index contributed by atoms with van der Waals surface area (Å²) in [6.07, 6.45) is 8.36. The fourth-order valence-electron chi connectivity index (χ4n) is 3.58. The maximum Gasteiger partial charge on any atom is 0.214 e. The van der Waals surface area contributed by atoms with Gasteiger partial charge in [0, 0.05) is 30.8 Å². The van der Waals surface area contributed by atoms with Crippen molar-refractivity contribution in [1.29, 1.82) is 0 Å². The lowest BCUT2D eigenvalue weighted by Gasteiger charge is -2.27. The average molecular weight is 311 g/mol. The summed E-state index contributed by atoms with van der Waals surface area (Å²) < 4.78 is 25.8. The molecule has 6 heteroatoms. The molecule has 0 amide bonds. The highest BCUT2D eigenvalue weighted by molar-refractivity contribution is 7.89. The molecule has 1 aromatic rings. The fourth-order valence-corrected chi connectivity index (χ4v) is 4.64. The van der Waals surface area contributed by atoms with Crippen molar-refractivity contribution < 1.29 is 8.42 Å². The van der Waals surface area contributed by atoms with Crippen LogP contribution in [0.15, 0.2) is 0 Å². The Morgan fingerprint density at radius 2 is 2.05 bits per heavy atom. The first-order chi connectivity index (χ1) is 10.1. The summed E-state index contributed by atoms with van der Waals surface area (Å²) in [5.41, 5.74) is 3.39. The van der Waals surface area contributed by atoms with Gasteiger partial charge in [-0.05, 0) is 19.3 Å². The van der Waals surface area contributed by atoms with E-state index in [2.05, 4.69) is 10.2 Å². The van der Waals surface area contributed by atoms with E-state index in [1.54, 1.807) is 11.2 Å². The maximum absolute atomic E-state index is 12.1. The van der Waals surface area contributed by atoms with E-state index in [4.69, 9.17) is 0 Å². The standard InChI is InChI=1S/C15H25N3O2S/c1-2-21(19,20)18-9-8-14-13(11-18)15(17-16-14)10-12-6-4-3-5-7-12/h12H,2-11H2,1H3,(H,16,17).